The summed E-state index contributed by atoms with van der Waals surface area (Å²) >= 11 is -2.46. The van der Waals surface area contributed by atoms with Crippen LogP contribution < -0.4 is 0 Å². The molecule has 151 valence electrons. The van der Waals surface area contributed by atoms with Crippen molar-refractivity contribution in [3.05, 3.63) is 53.4 Å². The van der Waals surface area contributed by atoms with Gasteiger partial charge in [0.1, 0.15) is 0 Å². The fourth-order valence-electron chi connectivity index (χ4n) is 5.74. The monoisotopic (exact) mass is 503 g/mol. The number of hydrogen-bond acceptors (Lipinski definition) is 0. The van der Waals surface area contributed by atoms with E-state index in [1.165, 1.54) is 0 Å². The predicted molar refractivity (Wildman–Crippen MR) is 121 cm³/mol. The summed E-state index contributed by atoms with van der Waals surface area (Å²) in [7, 11) is 0. The Kier molecular flexibility index (Phi) is 6.28. The molecule has 0 heterocycles. The summed E-state index contributed by atoms with van der Waals surface area (Å²) < 4.78 is 5.65. The maximum absolute atomic E-state index is 2.49. The second kappa shape index (κ2) is 7.82. The van der Waals surface area contributed by atoms with Crippen LogP contribution in [-0.4, -0.2) is 0 Å². The fourth-order valence-corrected chi connectivity index (χ4v) is 19.9. The van der Waals surface area contributed by atoms with E-state index in [-0.39, 0.29) is 0 Å². The molecule has 0 radical (unpaired) electrons. The third kappa shape index (κ3) is 3.08. The Morgan fingerprint density at radius 2 is 0.607 bits per heavy atom. The molecule has 0 aromatic heterocycles. The van der Waals surface area contributed by atoms with Gasteiger partial charge in [0.15, 0.2) is 0 Å². The van der Waals surface area contributed by atoms with Gasteiger partial charge in [0.2, 0.25) is 0 Å². The minimum atomic E-state index is -2.46. The van der Waals surface area contributed by atoms with Crippen LogP contribution in [0.1, 0.15) is 83.1 Å². The van der Waals surface area contributed by atoms with E-state index in [4.69, 9.17) is 0 Å². The molecule has 0 amide bonds. The summed E-state index contributed by atoms with van der Waals surface area (Å²) in [5.74, 6) is 1.89. The van der Waals surface area contributed by atoms with Crippen molar-refractivity contribution in [1.29, 1.82) is 0 Å². The van der Waals surface area contributed by atoms with Gasteiger partial charge in [-0.1, -0.05) is 0 Å². The summed E-state index contributed by atoms with van der Waals surface area (Å²) in [4.78, 5) is 0. The molecule has 1 heteroatoms. The molecule has 0 aromatic carbocycles. The SMILES string of the molecule is CC1=C(C)C(C)[C]([Ce]([C]2=C(C)C(C)=C(C)C2C)[C]2=C(C)C(C)=C(C)C2C)=C1C. The Bertz CT molecular complexity index is 815. The molecule has 0 saturated carbocycles. The molecule has 3 unspecified atom stereocenters. The van der Waals surface area contributed by atoms with Crippen molar-refractivity contribution in [2.75, 3.05) is 0 Å². The molecular weight excluding hydrogens is 464 g/mol. The molecule has 0 bridgehead atoms. The van der Waals surface area contributed by atoms with Crippen LogP contribution in [0, 0.1) is 53.2 Å². The average Bonchev–Trinajstić information content (AvgIpc) is 3.06. The van der Waals surface area contributed by atoms with E-state index in [1.54, 1.807) is 50.2 Å². The first-order valence-corrected chi connectivity index (χ1v) is 15.7. The second-order valence-electron chi connectivity index (χ2n) is 9.58. The van der Waals surface area contributed by atoms with Crippen LogP contribution in [0.5, 0.6) is 0 Å². The van der Waals surface area contributed by atoms with Gasteiger partial charge < -0.3 is 0 Å². The van der Waals surface area contributed by atoms with E-state index in [9.17, 15) is 0 Å². The molecule has 0 spiro atoms. The first kappa shape index (κ1) is 22.5. The van der Waals surface area contributed by atoms with Gasteiger partial charge in [-0.3, -0.25) is 0 Å². The summed E-state index contributed by atoms with van der Waals surface area (Å²) in [6.07, 6.45) is 0. The van der Waals surface area contributed by atoms with Crippen molar-refractivity contribution < 1.29 is 35.5 Å². The standard InChI is InChI=1S/3C9H13.Ce/c3*1-6-5-7(2)9(4)8(6)3;/h3*6H,1-4H3;. The van der Waals surface area contributed by atoms with E-state index in [2.05, 4.69) is 83.1 Å². The summed E-state index contributed by atoms with van der Waals surface area (Å²) in [5.41, 5.74) is 14.5. The quantitative estimate of drug-likeness (QED) is 0.363. The van der Waals surface area contributed by atoms with Gasteiger partial charge in [0, 0.05) is 0 Å². The summed E-state index contributed by atoms with van der Waals surface area (Å²) in [6, 6.07) is 0. The molecule has 0 aliphatic heterocycles. The second-order valence-corrected chi connectivity index (χ2v) is 17.0. The zero-order valence-corrected chi connectivity index (χ0v) is 23.4. The van der Waals surface area contributed by atoms with Crippen molar-refractivity contribution in [1.82, 2.24) is 0 Å². The molecule has 0 fully saturated rings. The van der Waals surface area contributed by atoms with Gasteiger partial charge in [0.05, 0.1) is 0 Å². The van der Waals surface area contributed by atoms with Crippen LogP contribution >= 0.6 is 0 Å². The number of rotatable bonds is 3. The average molecular weight is 504 g/mol. The van der Waals surface area contributed by atoms with Gasteiger partial charge in [-0.15, -0.1) is 0 Å². The van der Waals surface area contributed by atoms with Crippen LogP contribution in [0.25, 0.3) is 0 Å². The first-order valence-electron chi connectivity index (χ1n) is 11.0. The zero-order valence-electron chi connectivity index (χ0n) is 20.2. The Balaban J connectivity index is 2.29. The number of hydrogen-bond donors (Lipinski definition) is 0. The summed E-state index contributed by atoms with van der Waals surface area (Å²) in [5, 5.41) is 0. The van der Waals surface area contributed by atoms with Gasteiger partial charge in [-0.05, 0) is 0 Å². The third-order valence-corrected chi connectivity index (χ3v) is 21.4. The van der Waals surface area contributed by atoms with Crippen molar-refractivity contribution in [2.45, 2.75) is 83.1 Å². The van der Waals surface area contributed by atoms with E-state index >= 15 is 0 Å². The molecule has 3 atom stereocenters. The van der Waals surface area contributed by atoms with Gasteiger partial charge in [-0.2, -0.15) is 0 Å². The number of allylic oxidation sites excluding steroid dienone is 12. The van der Waals surface area contributed by atoms with Gasteiger partial charge in [0.25, 0.3) is 0 Å². The molecule has 0 N–H and O–H groups in total. The molecule has 0 aromatic rings. The molecule has 3 rings (SSSR count). The zero-order chi connectivity index (χ0) is 21.2. The first-order chi connectivity index (χ1) is 12.9. The minimum absolute atomic E-state index is 0.629. The van der Waals surface area contributed by atoms with Crippen molar-refractivity contribution >= 4 is 0 Å². The molecule has 3 aliphatic rings. The van der Waals surface area contributed by atoms with Crippen LogP contribution in [0.4, 0.5) is 0 Å². The molecule has 3 aliphatic carbocycles. The van der Waals surface area contributed by atoms with Crippen molar-refractivity contribution in [2.24, 2.45) is 17.8 Å². The molecule has 0 nitrogen and oxygen atoms in total. The molecule has 0 saturated heterocycles. The normalized spacial score (nSPS) is 28.9. The van der Waals surface area contributed by atoms with Crippen molar-refractivity contribution in [3.63, 3.8) is 0 Å². The fraction of sp³-hybridized carbons (Fsp3) is 0.556. The van der Waals surface area contributed by atoms with E-state index in [1.807, 2.05) is 3.27 Å². The van der Waals surface area contributed by atoms with Crippen LogP contribution in [0.2, 0.25) is 0 Å². The summed E-state index contributed by atoms with van der Waals surface area (Å²) in [6.45, 7) is 28.9. The Hall–Kier alpha value is -0.183. The predicted octanol–water partition coefficient (Wildman–Crippen LogP) is 8.39. The van der Waals surface area contributed by atoms with Crippen LogP contribution in [0.15, 0.2) is 53.4 Å². The van der Waals surface area contributed by atoms with Gasteiger partial charge >= 0.3 is 190 Å². The third-order valence-electron chi connectivity index (χ3n) is 8.73. The van der Waals surface area contributed by atoms with Gasteiger partial charge in [-0.25, -0.2) is 0 Å². The maximum atomic E-state index is 2.49. The topological polar surface area (TPSA) is 0 Å². The van der Waals surface area contributed by atoms with Crippen LogP contribution in [0.3, 0.4) is 0 Å². The van der Waals surface area contributed by atoms with Crippen LogP contribution in [-0.2, 0) is 0 Å². The Morgan fingerprint density at radius 3 is 0.750 bits per heavy atom. The van der Waals surface area contributed by atoms with E-state index in [0.29, 0.717) is 17.8 Å². The van der Waals surface area contributed by atoms with E-state index in [0.717, 1.165) is 0 Å². The van der Waals surface area contributed by atoms with E-state index < -0.39 is 35.5 Å². The molecular formula is C27H39Ce. The van der Waals surface area contributed by atoms with Crippen molar-refractivity contribution in [3.8, 4) is 0 Å². The molecule has 28 heavy (non-hydrogen) atoms. The Labute approximate surface area is 188 Å². The Morgan fingerprint density at radius 1 is 0.393 bits per heavy atom.